The van der Waals surface area contributed by atoms with Crippen LogP contribution in [0.5, 0.6) is 0 Å². The summed E-state index contributed by atoms with van der Waals surface area (Å²) >= 11 is 4.89. The van der Waals surface area contributed by atoms with Gasteiger partial charge in [0.15, 0.2) is 0 Å². The molecule has 1 N–H and O–H groups in total. The lowest BCUT2D eigenvalue weighted by Crippen LogP contribution is -1.91. The number of halogens is 1. The minimum atomic E-state index is 0.495. The van der Waals surface area contributed by atoms with E-state index in [1.165, 1.54) is 11.3 Å². The second-order valence-corrected chi connectivity index (χ2v) is 7.54. The van der Waals surface area contributed by atoms with Gasteiger partial charge < -0.3 is 5.32 Å². The van der Waals surface area contributed by atoms with Gasteiger partial charge >= 0.3 is 0 Å². The molecule has 0 atom stereocenters. The Morgan fingerprint density at radius 3 is 2.81 bits per heavy atom. The van der Waals surface area contributed by atoms with Crippen molar-refractivity contribution in [3.63, 3.8) is 0 Å². The predicted octanol–water partition coefficient (Wildman–Crippen LogP) is 6.10. The average Bonchev–Trinajstić information content (AvgIpc) is 3.19. The number of fused-ring (bicyclic) bond motifs is 1. The van der Waals surface area contributed by atoms with Crippen LogP contribution in [0.2, 0.25) is 0 Å². The van der Waals surface area contributed by atoms with Gasteiger partial charge in [0, 0.05) is 38.9 Å². The number of benzene rings is 2. The molecule has 0 aliphatic rings. The Morgan fingerprint density at radius 2 is 2.00 bits per heavy atom. The fourth-order valence-corrected chi connectivity index (χ4v) is 3.67. The number of pyridine rings is 1. The van der Waals surface area contributed by atoms with Gasteiger partial charge in [0.1, 0.15) is 16.6 Å². The van der Waals surface area contributed by atoms with E-state index in [2.05, 4.69) is 37.3 Å². The molecule has 4 nitrogen and oxygen atoms in total. The van der Waals surface area contributed by atoms with Gasteiger partial charge in [-0.1, -0.05) is 34.1 Å². The Kier molecular flexibility index (Phi) is 4.97. The number of hydrogen-bond donors (Lipinski definition) is 1. The Bertz CT molecular complexity index is 1170. The van der Waals surface area contributed by atoms with Crippen LogP contribution in [-0.4, -0.2) is 9.97 Å². The summed E-state index contributed by atoms with van der Waals surface area (Å²) in [5.41, 5.74) is 4.21. The van der Waals surface area contributed by atoms with Gasteiger partial charge in [-0.3, -0.25) is 4.98 Å². The van der Waals surface area contributed by atoms with Crippen LogP contribution in [0.3, 0.4) is 0 Å². The van der Waals surface area contributed by atoms with Crippen LogP contribution in [0.4, 0.5) is 5.69 Å². The van der Waals surface area contributed by atoms with Crippen molar-refractivity contribution >= 4 is 49.4 Å². The standard InChI is InChI=1S/C21H13BrN4S/c22-17-5-3-14(4-6-17)20-13-27-21(26-20)16(11-23)12-25-18-7-8-19-15(10-18)2-1-9-24-19/h1-10,12-13,25H. The van der Waals surface area contributed by atoms with E-state index < -0.39 is 0 Å². The summed E-state index contributed by atoms with van der Waals surface area (Å²) in [6.07, 6.45) is 3.47. The van der Waals surface area contributed by atoms with Crippen molar-refractivity contribution in [1.82, 2.24) is 9.97 Å². The predicted molar refractivity (Wildman–Crippen MR) is 114 cm³/mol. The average molecular weight is 433 g/mol. The second kappa shape index (κ2) is 7.70. The summed E-state index contributed by atoms with van der Waals surface area (Å²) in [7, 11) is 0. The van der Waals surface area contributed by atoms with Crippen molar-refractivity contribution in [2.75, 3.05) is 5.32 Å². The van der Waals surface area contributed by atoms with E-state index >= 15 is 0 Å². The zero-order chi connectivity index (χ0) is 18.6. The number of thiazole rings is 1. The Labute approximate surface area is 169 Å². The molecular formula is C21H13BrN4S. The molecule has 6 heteroatoms. The second-order valence-electron chi connectivity index (χ2n) is 5.77. The summed E-state index contributed by atoms with van der Waals surface area (Å²) in [6.45, 7) is 0. The fourth-order valence-electron chi connectivity index (χ4n) is 2.61. The third kappa shape index (κ3) is 3.90. The van der Waals surface area contributed by atoms with Gasteiger partial charge in [0.05, 0.1) is 11.2 Å². The minimum Gasteiger partial charge on any atom is -0.360 e. The lowest BCUT2D eigenvalue weighted by molar-refractivity contribution is 1.36. The quantitative estimate of drug-likeness (QED) is 0.395. The number of nitriles is 1. The first-order chi connectivity index (χ1) is 13.2. The Morgan fingerprint density at radius 1 is 1.15 bits per heavy atom. The Hall–Kier alpha value is -3.01. The largest absolute Gasteiger partial charge is 0.360 e. The zero-order valence-electron chi connectivity index (χ0n) is 14.1. The smallest absolute Gasteiger partial charge is 0.136 e. The molecule has 4 aromatic rings. The highest BCUT2D eigenvalue weighted by Gasteiger charge is 2.09. The van der Waals surface area contributed by atoms with Crippen LogP contribution < -0.4 is 5.32 Å². The molecule has 2 aromatic heterocycles. The molecule has 27 heavy (non-hydrogen) atoms. The molecule has 0 saturated heterocycles. The number of nitrogens with one attached hydrogen (secondary N) is 1. The maximum Gasteiger partial charge on any atom is 0.136 e. The van der Waals surface area contributed by atoms with Crippen molar-refractivity contribution in [1.29, 1.82) is 5.26 Å². The van der Waals surface area contributed by atoms with Gasteiger partial charge in [0.25, 0.3) is 0 Å². The highest BCUT2D eigenvalue weighted by atomic mass is 79.9. The Balaban J connectivity index is 1.58. The van der Waals surface area contributed by atoms with E-state index in [9.17, 15) is 5.26 Å². The monoisotopic (exact) mass is 432 g/mol. The third-order valence-corrected chi connectivity index (χ3v) is 5.39. The number of nitrogens with zero attached hydrogens (tertiary/aromatic N) is 3. The molecule has 0 spiro atoms. The van der Waals surface area contributed by atoms with Crippen molar-refractivity contribution in [3.05, 3.63) is 81.9 Å². The van der Waals surface area contributed by atoms with E-state index in [1.54, 1.807) is 12.4 Å². The highest BCUT2D eigenvalue weighted by molar-refractivity contribution is 9.10. The van der Waals surface area contributed by atoms with Crippen LogP contribution in [0.15, 0.2) is 76.8 Å². The fraction of sp³-hybridized carbons (Fsp3) is 0. The van der Waals surface area contributed by atoms with Crippen LogP contribution in [0.1, 0.15) is 5.01 Å². The molecule has 0 fully saturated rings. The van der Waals surface area contributed by atoms with Crippen LogP contribution in [0.25, 0.3) is 27.7 Å². The number of anilines is 1. The van der Waals surface area contributed by atoms with Gasteiger partial charge in [-0.2, -0.15) is 5.26 Å². The van der Waals surface area contributed by atoms with Crippen LogP contribution >= 0.6 is 27.3 Å². The normalized spacial score (nSPS) is 11.3. The summed E-state index contributed by atoms with van der Waals surface area (Å²) < 4.78 is 1.02. The summed E-state index contributed by atoms with van der Waals surface area (Å²) in [5.74, 6) is 0. The number of aromatic nitrogens is 2. The molecule has 0 aliphatic carbocycles. The minimum absolute atomic E-state index is 0.495. The van der Waals surface area contributed by atoms with E-state index in [1.807, 2.05) is 60.0 Å². The third-order valence-electron chi connectivity index (χ3n) is 3.98. The van der Waals surface area contributed by atoms with Gasteiger partial charge in [-0.15, -0.1) is 11.3 Å². The number of hydrogen-bond acceptors (Lipinski definition) is 5. The summed E-state index contributed by atoms with van der Waals surface area (Å²) in [4.78, 5) is 8.92. The molecule has 0 radical (unpaired) electrons. The summed E-state index contributed by atoms with van der Waals surface area (Å²) in [5, 5.41) is 16.4. The van der Waals surface area contributed by atoms with E-state index in [-0.39, 0.29) is 0 Å². The van der Waals surface area contributed by atoms with Crippen molar-refractivity contribution in [2.24, 2.45) is 0 Å². The van der Waals surface area contributed by atoms with Crippen molar-refractivity contribution in [2.45, 2.75) is 0 Å². The van der Waals surface area contributed by atoms with E-state index in [0.717, 1.165) is 32.3 Å². The molecule has 130 valence electrons. The van der Waals surface area contributed by atoms with Crippen molar-refractivity contribution in [3.8, 4) is 17.3 Å². The maximum absolute atomic E-state index is 9.54. The van der Waals surface area contributed by atoms with E-state index in [4.69, 9.17) is 0 Å². The first-order valence-electron chi connectivity index (χ1n) is 8.16. The van der Waals surface area contributed by atoms with Gasteiger partial charge in [-0.05, 0) is 36.4 Å². The van der Waals surface area contributed by atoms with Crippen LogP contribution in [0, 0.1) is 11.3 Å². The zero-order valence-corrected chi connectivity index (χ0v) is 16.5. The van der Waals surface area contributed by atoms with Gasteiger partial charge in [-0.25, -0.2) is 4.98 Å². The first-order valence-corrected chi connectivity index (χ1v) is 9.83. The van der Waals surface area contributed by atoms with Crippen molar-refractivity contribution < 1.29 is 0 Å². The maximum atomic E-state index is 9.54. The molecule has 4 rings (SSSR count). The molecule has 2 aromatic carbocycles. The van der Waals surface area contributed by atoms with Crippen LogP contribution in [-0.2, 0) is 0 Å². The molecule has 0 aliphatic heterocycles. The molecule has 2 heterocycles. The highest BCUT2D eigenvalue weighted by Crippen LogP contribution is 2.27. The molecule has 0 bridgehead atoms. The molecule has 0 saturated carbocycles. The number of rotatable bonds is 4. The summed E-state index contributed by atoms with van der Waals surface area (Å²) in [6, 6.07) is 20.0. The molecule has 0 amide bonds. The molecular weight excluding hydrogens is 420 g/mol. The molecule has 0 unspecified atom stereocenters. The van der Waals surface area contributed by atoms with Gasteiger partial charge in [0.2, 0.25) is 0 Å². The van der Waals surface area contributed by atoms with E-state index in [0.29, 0.717) is 10.6 Å². The SMILES string of the molecule is N#CC(=CNc1ccc2ncccc2c1)c1nc(-c2ccc(Br)cc2)cs1. The first kappa shape index (κ1) is 17.4. The lowest BCUT2D eigenvalue weighted by Gasteiger charge is -2.03. The lowest BCUT2D eigenvalue weighted by atomic mass is 10.2. The topological polar surface area (TPSA) is 61.6 Å². The number of allylic oxidation sites excluding steroid dienone is 1.